The minimum Gasteiger partial charge on any atom is -0.426 e. The second-order valence-electron chi connectivity index (χ2n) is 15.0. The zero-order valence-corrected chi connectivity index (χ0v) is 34.5. The Bertz CT molecular complexity index is 3280. The lowest BCUT2D eigenvalue weighted by molar-refractivity contribution is -0.133. The van der Waals surface area contributed by atoms with Crippen molar-refractivity contribution < 1.29 is 57.2 Å². The second kappa shape index (κ2) is 17.5. The zero-order chi connectivity index (χ0) is 46.0. The molecule has 5 aromatic carbocycles. The Morgan fingerprint density at radius 3 is 1.01 bits per heavy atom. The van der Waals surface area contributed by atoms with Crippen LogP contribution in [0.2, 0.25) is 0 Å². The Kier molecular flexibility index (Phi) is 10.8. The van der Waals surface area contributed by atoms with E-state index in [4.69, 9.17) is 28.4 Å². The van der Waals surface area contributed by atoms with E-state index < -0.39 is 35.8 Å². The Hall–Kier alpha value is -9.63. The van der Waals surface area contributed by atoms with Gasteiger partial charge >= 0.3 is 35.8 Å². The summed E-state index contributed by atoms with van der Waals surface area (Å²) in [5.74, 6) is -4.55. The summed E-state index contributed by atoms with van der Waals surface area (Å²) in [5.41, 5.74) is 2.77. The maximum atomic E-state index is 13.9. The molecular formula is C52H29N3O12. The lowest BCUT2D eigenvalue weighted by atomic mass is 10.0. The molecule has 0 amide bonds. The van der Waals surface area contributed by atoms with Gasteiger partial charge in [-0.25, -0.2) is 24.0 Å². The third-order valence-electron chi connectivity index (χ3n) is 10.5. The van der Waals surface area contributed by atoms with E-state index >= 15 is 0 Å². The van der Waals surface area contributed by atoms with E-state index in [1.54, 1.807) is 66.7 Å². The highest BCUT2D eigenvalue weighted by molar-refractivity contribution is 6.05. The van der Waals surface area contributed by atoms with E-state index in [0.717, 1.165) is 0 Å². The van der Waals surface area contributed by atoms with Gasteiger partial charge in [-0.1, -0.05) is 6.07 Å². The van der Waals surface area contributed by atoms with Gasteiger partial charge in [0.2, 0.25) is 0 Å². The molecule has 0 unspecified atom stereocenters. The molecule has 0 radical (unpaired) electrons. The number of esters is 6. The fraction of sp³-hybridized carbons (Fsp3) is 0.0192. The van der Waals surface area contributed by atoms with Crippen LogP contribution in [-0.4, -0.2) is 50.8 Å². The first kappa shape index (κ1) is 41.4. The van der Waals surface area contributed by atoms with Crippen molar-refractivity contribution >= 4 is 35.8 Å². The molecule has 0 aliphatic carbocycles. The van der Waals surface area contributed by atoms with Crippen LogP contribution in [0.4, 0.5) is 0 Å². The summed E-state index contributed by atoms with van der Waals surface area (Å²) in [5, 5.41) is 0. The van der Waals surface area contributed by atoms with Crippen LogP contribution in [0.25, 0.3) is 33.8 Å². The number of aromatic nitrogens is 3. The first-order valence-corrected chi connectivity index (χ1v) is 20.4. The summed E-state index contributed by atoms with van der Waals surface area (Å²) in [6, 6.07) is 36.4. The third-order valence-corrected chi connectivity index (χ3v) is 10.5. The minimum atomic E-state index is -0.923. The third kappa shape index (κ3) is 9.09. The molecule has 17 bridgehead atoms. The number of carbonyl (C=O) groups excluding carboxylic acids is 6. The van der Waals surface area contributed by atoms with Gasteiger partial charge < -0.3 is 28.4 Å². The molecule has 15 nitrogen and oxygen atoms in total. The molecule has 14 aliphatic heterocycles. The number of ether oxygens (including phenoxy) is 6. The summed E-state index contributed by atoms with van der Waals surface area (Å²) in [7, 11) is 0. The molecule has 0 fully saturated rings. The number of hydrogen-bond acceptors (Lipinski definition) is 15. The Labute approximate surface area is 379 Å². The molecule has 0 saturated heterocycles. The Morgan fingerprint density at radius 1 is 0.299 bits per heavy atom. The summed E-state index contributed by atoms with van der Waals surface area (Å²) in [4.78, 5) is 95.2. The summed E-state index contributed by atoms with van der Waals surface area (Å²) in [6.07, 6.45) is 3.67. The normalized spacial score (nSPS) is 13.6. The van der Waals surface area contributed by atoms with Crippen LogP contribution >= 0.6 is 0 Å². The number of pyridine rings is 3. The molecule has 8 aromatic rings. The molecule has 0 N–H and O–H groups in total. The van der Waals surface area contributed by atoms with Crippen molar-refractivity contribution in [2.24, 2.45) is 0 Å². The molecular weight excluding hydrogens is 859 g/mol. The van der Waals surface area contributed by atoms with Crippen LogP contribution in [0.1, 0.15) is 57.4 Å². The summed E-state index contributed by atoms with van der Waals surface area (Å²) >= 11 is 0. The van der Waals surface area contributed by atoms with E-state index in [9.17, 15) is 28.8 Å². The molecule has 15 heteroatoms. The van der Waals surface area contributed by atoms with Gasteiger partial charge in [0.1, 0.15) is 34.5 Å². The van der Waals surface area contributed by atoms with Crippen molar-refractivity contribution in [2.75, 3.05) is 0 Å². The lowest BCUT2D eigenvalue weighted by Crippen LogP contribution is -2.19. The van der Waals surface area contributed by atoms with Crippen LogP contribution in [0, 0.1) is 0 Å². The van der Waals surface area contributed by atoms with Gasteiger partial charge in [-0.2, -0.15) is 0 Å². The fourth-order valence-electron chi connectivity index (χ4n) is 7.10. The van der Waals surface area contributed by atoms with E-state index in [1.165, 1.54) is 97.5 Å². The van der Waals surface area contributed by atoms with E-state index in [2.05, 4.69) is 15.0 Å². The number of benzene rings is 5. The molecule has 67 heavy (non-hydrogen) atoms. The number of hydrogen-bond donors (Lipinski definition) is 0. The first-order valence-electron chi connectivity index (χ1n) is 20.4. The predicted octanol–water partition coefficient (Wildman–Crippen LogP) is 8.74. The van der Waals surface area contributed by atoms with Crippen LogP contribution in [0.3, 0.4) is 0 Å². The van der Waals surface area contributed by atoms with Gasteiger partial charge in [0.05, 0.1) is 69.9 Å². The smallest absolute Gasteiger partial charge is 0.344 e. The van der Waals surface area contributed by atoms with E-state index in [-0.39, 0.29) is 68.7 Å². The topological polar surface area (TPSA) is 196 Å². The molecule has 14 aliphatic rings. The van der Waals surface area contributed by atoms with Gasteiger partial charge in [-0.15, -0.1) is 0 Å². The highest BCUT2D eigenvalue weighted by atomic mass is 16.6. The Balaban J connectivity index is 1.09. The van der Waals surface area contributed by atoms with Gasteiger partial charge in [-0.3, -0.25) is 19.7 Å². The number of rotatable bonds is 0. The van der Waals surface area contributed by atoms with Gasteiger partial charge in [0.25, 0.3) is 0 Å². The van der Waals surface area contributed by atoms with Gasteiger partial charge in [-0.05, 0) is 145 Å². The number of carbonyl (C=O) groups is 6. The Morgan fingerprint density at radius 2 is 0.642 bits per heavy atom. The second-order valence-corrected chi connectivity index (χ2v) is 15.0. The van der Waals surface area contributed by atoms with Crippen molar-refractivity contribution in [3.8, 4) is 68.3 Å². The van der Waals surface area contributed by atoms with Crippen LogP contribution in [0.5, 0.6) is 34.5 Å². The molecule has 0 spiro atoms. The van der Waals surface area contributed by atoms with Crippen molar-refractivity contribution in [1.29, 1.82) is 0 Å². The van der Waals surface area contributed by atoms with Crippen LogP contribution < -0.4 is 28.4 Å². The first-order chi connectivity index (χ1) is 32.6. The van der Waals surface area contributed by atoms with Crippen molar-refractivity contribution in [2.45, 2.75) is 6.42 Å². The van der Waals surface area contributed by atoms with Gasteiger partial charge in [0, 0.05) is 16.7 Å². The minimum absolute atomic E-state index is 0.0436. The largest absolute Gasteiger partial charge is 0.426 e. The monoisotopic (exact) mass is 887 g/mol. The van der Waals surface area contributed by atoms with Crippen molar-refractivity contribution in [3.05, 3.63) is 198 Å². The maximum Gasteiger partial charge on any atom is 0.344 e. The van der Waals surface area contributed by atoms with Crippen molar-refractivity contribution in [1.82, 2.24) is 15.0 Å². The van der Waals surface area contributed by atoms with Crippen molar-refractivity contribution in [3.63, 3.8) is 0 Å². The average Bonchev–Trinajstić information content (AvgIpc) is 3.34. The van der Waals surface area contributed by atoms with E-state index in [1.807, 2.05) is 0 Å². The van der Waals surface area contributed by atoms with E-state index in [0.29, 0.717) is 39.3 Å². The number of nitrogens with zero attached hydrogens (tertiary/aromatic N) is 3. The quantitative estimate of drug-likeness (QED) is 0.103. The molecule has 22 rings (SSSR count). The van der Waals surface area contributed by atoms with Crippen LogP contribution in [-0.2, 0) is 11.2 Å². The fourth-order valence-corrected chi connectivity index (χ4v) is 7.10. The summed E-state index contributed by atoms with van der Waals surface area (Å²) < 4.78 is 34.0. The molecule has 3 aromatic heterocycles. The standard InChI is InChI=1S/C52H29N3O12/c56-47-22-29-1-17-42-43(21-29)52(61)64-38-12-6-32(7-13-38)46-20-16-41(28-55-46)67-50(59)35-24-33(48(57)65-39-14-18-44(53-26-39)30-2-8-36(62-47)9-3-30)23-34(25-35)49(58)66-40-15-19-45(54-27-40)31-4-10-37(11-5-31)63-51(42)60/h1-21,23-28H,22H2. The summed E-state index contributed by atoms with van der Waals surface area (Å²) in [6.45, 7) is 0. The van der Waals surface area contributed by atoms with Gasteiger partial charge in [0.15, 0.2) is 0 Å². The maximum absolute atomic E-state index is 13.9. The molecule has 0 atom stereocenters. The average molecular weight is 888 g/mol. The zero-order valence-electron chi connectivity index (χ0n) is 34.5. The molecule has 324 valence electrons. The molecule has 0 saturated carbocycles. The predicted molar refractivity (Wildman–Crippen MR) is 236 cm³/mol. The SMILES string of the molecule is O=C1Cc2ccc3c(c2)C(=O)Oc2ccc(cc2)-c2ccc(cn2)OC(=O)c2cc(cc(c2)C(=O)Oc2ccc(nc2)-c2ccc(cc2)OC3=O)C(=O)Oc2ccc(nc2)-c2ccc(cc2)O1. The molecule has 17 heterocycles. The van der Waals surface area contributed by atoms with Crippen LogP contribution in [0.15, 0.2) is 164 Å². The highest BCUT2D eigenvalue weighted by Crippen LogP contribution is 2.29. The highest BCUT2D eigenvalue weighted by Gasteiger charge is 2.24. The lowest BCUT2D eigenvalue weighted by Gasteiger charge is -2.12.